The van der Waals surface area contributed by atoms with Gasteiger partial charge in [-0.1, -0.05) is 66.4 Å². The van der Waals surface area contributed by atoms with Crippen LogP contribution in [0, 0.1) is 30.6 Å². The Labute approximate surface area is 392 Å². The van der Waals surface area contributed by atoms with Crippen molar-refractivity contribution in [1.29, 1.82) is 0 Å². The molecule has 2 aliphatic heterocycles. The molecule has 4 aromatic heterocycles. The van der Waals surface area contributed by atoms with Crippen molar-refractivity contribution in [2.24, 2.45) is 7.05 Å². The van der Waals surface area contributed by atoms with Crippen LogP contribution in [0.3, 0.4) is 0 Å². The van der Waals surface area contributed by atoms with E-state index in [0.29, 0.717) is 34.6 Å². The van der Waals surface area contributed by atoms with Crippen LogP contribution in [0.1, 0.15) is 11.1 Å². The van der Waals surface area contributed by atoms with Crippen LogP contribution < -0.4 is 18.8 Å². The summed E-state index contributed by atoms with van der Waals surface area (Å²) in [5.74, 6) is 5.39. The van der Waals surface area contributed by atoms with Gasteiger partial charge in [0.1, 0.15) is 0 Å². The van der Waals surface area contributed by atoms with E-state index >= 15 is 0 Å². The molecule has 0 spiro atoms. The van der Waals surface area contributed by atoms with Crippen LogP contribution in [0.15, 0.2) is 146 Å². The smallest absolute Gasteiger partial charge is 0.504 e. The number of imidazole rings is 3. The van der Waals surface area contributed by atoms with E-state index in [1.807, 2.05) is 120 Å². The van der Waals surface area contributed by atoms with E-state index in [-0.39, 0.29) is 42.1 Å². The molecular formula is C51H35N7O3Pt2-2. The van der Waals surface area contributed by atoms with Crippen molar-refractivity contribution in [3.63, 3.8) is 0 Å². The Bertz CT molecular complexity index is 3230. The van der Waals surface area contributed by atoms with E-state index in [9.17, 15) is 0 Å². The number of benzene rings is 6. The molecule has 314 valence electrons. The predicted octanol–water partition coefficient (Wildman–Crippen LogP) is 9.90. The van der Waals surface area contributed by atoms with Gasteiger partial charge in [0, 0.05) is 87.6 Å². The van der Waals surface area contributed by atoms with E-state index in [4.69, 9.17) is 19.2 Å². The van der Waals surface area contributed by atoms with Crippen molar-refractivity contribution in [1.82, 2.24) is 28.7 Å². The molecule has 0 unspecified atom stereocenters. The van der Waals surface area contributed by atoms with E-state index in [1.165, 1.54) is 11.1 Å². The Morgan fingerprint density at radius 2 is 1.22 bits per heavy atom. The molecule has 0 N–H and O–H groups in total. The Morgan fingerprint density at radius 3 is 2.00 bits per heavy atom. The van der Waals surface area contributed by atoms with Crippen LogP contribution in [0.25, 0.3) is 50.5 Å². The van der Waals surface area contributed by atoms with Gasteiger partial charge in [-0.05, 0) is 31.0 Å². The van der Waals surface area contributed by atoms with Crippen molar-refractivity contribution >= 4 is 22.1 Å². The SMILES string of the molecule is C[n+]1[c-]n(-c2[c-]c(Oc3[c-]c4c(cc3)CCn3ccnc3-4)ccc2)c2ccccc21.[Pt+2].[Pt].[c-]1c(Oc2[c-]c3c(cc2)CCn2c-3nc3ccccc32)cccc1Oc1ccccn1. The molecular weight excluding hydrogens is 1150 g/mol. The van der Waals surface area contributed by atoms with Gasteiger partial charge >= 0.3 is 21.1 Å². The second kappa shape index (κ2) is 18.0. The summed E-state index contributed by atoms with van der Waals surface area (Å²) in [7, 11) is 1.99. The molecule has 0 radical (unpaired) electrons. The second-order valence-corrected chi connectivity index (χ2v) is 14.7. The zero-order chi connectivity index (χ0) is 40.7. The average molecular weight is 1180 g/mol. The summed E-state index contributed by atoms with van der Waals surface area (Å²) in [4.78, 5) is 13.5. The van der Waals surface area contributed by atoms with E-state index in [2.05, 4.69) is 80.0 Å². The number of hydrogen-bond acceptors (Lipinski definition) is 6. The van der Waals surface area contributed by atoms with Crippen LogP contribution in [0.2, 0.25) is 0 Å². The molecule has 0 saturated heterocycles. The maximum atomic E-state index is 6.13. The van der Waals surface area contributed by atoms with Crippen molar-refractivity contribution in [3.8, 4) is 63.1 Å². The van der Waals surface area contributed by atoms with Crippen molar-refractivity contribution < 1.29 is 60.9 Å². The number of ether oxygens (including phenoxy) is 3. The Morgan fingerprint density at radius 1 is 0.571 bits per heavy atom. The third-order valence-electron chi connectivity index (χ3n) is 10.8. The van der Waals surface area contributed by atoms with Crippen LogP contribution in [0.4, 0.5) is 0 Å². The molecule has 63 heavy (non-hydrogen) atoms. The number of para-hydroxylation sites is 4. The van der Waals surface area contributed by atoms with Crippen LogP contribution in [-0.4, -0.2) is 28.7 Å². The van der Waals surface area contributed by atoms with Crippen LogP contribution in [-0.2, 0) is 75.1 Å². The largest absolute Gasteiger partial charge is 2.00 e. The molecule has 12 rings (SSSR count). The molecule has 0 bridgehead atoms. The molecule has 10 aromatic rings. The summed E-state index contributed by atoms with van der Waals surface area (Å²) in [6.45, 7) is 1.86. The first kappa shape index (κ1) is 41.7. The fourth-order valence-corrected chi connectivity index (χ4v) is 7.94. The van der Waals surface area contributed by atoms with Crippen LogP contribution >= 0.6 is 0 Å². The standard InChI is InChI=1S/C26H17N3O2.C25H18N4O.2Pt/c1-2-9-24-23(8-1)28-26-22-17-21(12-11-18(22)13-15-29(24)26)30-19-6-5-7-20(16-19)31-25-10-3-4-14-27-25;1-27-17-29(24-8-3-2-7-23(24)27)19-5-4-6-20(15-19)30-21-10-9-18-11-13-28-14-12-26-25(28)22(18)16-21;;/h1-12,14H,13,15H2;2-10,12,14H,11,13H2,1H3;;/q2*-2;;+2. The Balaban J connectivity index is 0.000000155. The summed E-state index contributed by atoms with van der Waals surface area (Å²) in [6.07, 6.45) is 10.8. The van der Waals surface area contributed by atoms with Crippen LogP contribution in [0.5, 0.6) is 34.6 Å². The van der Waals surface area contributed by atoms with Crippen molar-refractivity contribution in [2.45, 2.75) is 25.9 Å². The van der Waals surface area contributed by atoms with Gasteiger partial charge < -0.3 is 32.5 Å². The third-order valence-corrected chi connectivity index (χ3v) is 10.8. The maximum absolute atomic E-state index is 6.13. The van der Waals surface area contributed by atoms with Gasteiger partial charge in [0.05, 0.1) is 40.8 Å². The molecule has 2 aliphatic rings. The monoisotopic (exact) mass is 1180 g/mol. The predicted molar refractivity (Wildman–Crippen MR) is 230 cm³/mol. The van der Waals surface area contributed by atoms with Gasteiger partial charge in [-0.3, -0.25) is 9.97 Å². The molecule has 0 fully saturated rings. The minimum atomic E-state index is 0. The van der Waals surface area contributed by atoms with Gasteiger partial charge in [0.25, 0.3) is 0 Å². The molecule has 0 amide bonds. The summed E-state index contributed by atoms with van der Waals surface area (Å²) < 4.78 is 26.3. The van der Waals surface area contributed by atoms with E-state index < -0.39 is 0 Å². The summed E-state index contributed by atoms with van der Waals surface area (Å²) in [5.41, 5.74) is 9.67. The minimum absolute atomic E-state index is 0. The Kier molecular flexibility index (Phi) is 11.9. The first-order chi connectivity index (χ1) is 30.1. The molecule has 6 aromatic carbocycles. The number of pyridine rings is 1. The molecule has 0 aliphatic carbocycles. The first-order valence-electron chi connectivity index (χ1n) is 20.1. The number of aromatic nitrogens is 7. The summed E-state index contributed by atoms with van der Waals surface area (Å²) in [5, 5.41) is 0. The van der Waals surface area contributed by atoms with Crippen molar-refractivity contribution in [3.05, 3.63) is 188 Å². The first-order valence-corrected chi connectivity index (χ1v) is 20.1. The molecule has 0 atom stereocenters. The van der Waals surface area contributed by atoms with E-state index in [0.717, 1.165) is 76.5 Å². The van der Waals surface area contributed by atoms with Gasteiger partial charge in [-0.25, -0.2) is 4.98 Å². The van der Waals surface area contributed by atoms with Gasteiger partial charge in [0.2, 0.25) is 12.2 Å². The quantitative estimate of drug-likeness (QED) is 0.117. The fraction of sp³-hybridized carbons (Fsp3) is 0.0980. The molecule has 12 heteroatoms. The molecule has 6 heterocycles. The van der Waals surface area contributed by atoms with Gasteiger partial charge in [0.15, 0.2) is 0 Å². The number of aryl methyl sites for hydroxylation is 5. The third kappa shape index (κ3) is 8.37. The minimum Gasteiger partial charge on any atom is -0.504 e. The second-order valence-electron chi connectivity index (χ2n) is 14.7. The fourth-order valence-electron chi connectivity index (χ4n) is 7.94. The topological polar surface area (TPSA) is 85.0 Å². The van der Waals surface area contributed by atoms with E-state index in [1.54, 1.807) is 12.3 Å². The number of rotatable bonds is 7. The molecule has 10 nitrogen and oxygen atoms in total. The number of fused-ring (bicyclic) bond motifs is 9. The maximum Gasteiger partial charge on any atom is 2.00 e. The normalized spacial score (nSPS) is 12.0. The van der Waals surface area contributed by atoms with Gasteiger partial charge in [-0.2, -0.15) is 18.2 Å². The Hall–Kier alpha value is -6.60. The summed E-state index contributed by atoms with van der Waals surface area (Å²) >= 11 is 0. The zero-order valence-electron chi connectivity index (χ0n) is 33.7. The average Bonchev–Trinajstić information content (AvgIpc) is 4.03. The number of nitrogens with zero attached hydrogens (tertiary/aromatic N) is 7. The van der Waals surface area contributed by atoms with Crippen molar-refractivity contribution in [2.75, 3.05) is 0 Å². The van der Waals surface area contributed by atoms with Gasteiger partial charge in [-0.15, -0.1) is 70.8 Å². The zero-order valence-corrected chi connectivity index (χ0v) is 38.2. The number of hydrogen-bond donors (Lipinski definition) is 0. The summed E-state index contributed by atoms with van der Waals surface area (Å²) in [6, 6.07) is 54.8. The molecule has 0 saturated carbocycles.